The third kappa shape index (κ3) is 1.36. The monoisotopic (exact) mass is 110 g/mol. The summed E-state index contributed by atoms with van der Waals surface area (Å²) in [7, 11) is 0. The van der Waals surface area contributed by atoms with Crippen molar-refractivity contribution in [2.24, 2.45) is 0 Å². The van der Waals surface area contributed by atoms with E-state index in [1.807, 2.05) is 0 Å². The van der Waals surface area contributed by atoms with E-state index in [4.69, 9.17) is 0 Å². The number of unbranched alkanes of at least 4 members (excludes halogenated alkanes) is 1. The van der Waals surface area contributed by atoms with Crippen molar-refractivity contribution < 1.29 is 0 Å². The summed E-state index contributed by atoms with van der Waals surface area (Å²) < 4.78 is 0. The van der Waals surface area contributed by atoms with Gasteiger partial charge in [0.15, 0.2) is 0 Å². The fourth-order valence-electron chi connectivity index (χ4n) is 0.968. The maximum absolute atomic E-state index is 2.25. The Kier molecular flexibility index (Phi) is 1.72. The molecule has 0 aromatic carbocycles. The Hall–Kier alpha value is -0.260. The Bertz CT molecular complexity index is 109. The number of allylic oxidation sites excluding steroid dienone is 2. The minimum Gasteiger partial charge on any atom is -0.0697 e. The molecule has 0 N–H and O–H groups in total. The van der Waals surface area contributed by atoms with Gasteiger partial charge in [-0.05, 0) is 26.2 Å². The molecule has 0 aliphatic heterocycles. The second kappa shape index (κ2) is 2.34. The van der Waals surface area contributed by atoms with E-state index in [9.17, 15) is 0 Å². The van der Waals surface area contributed by atoms with Crippen molar-refractivity contribution in [3.63, 3.8) is 0 Å². The summed E-state index contributed by atoms with van der Waals surface area (Å²) in [5.74, 6) is 0. The van der Waals surface area contributed by atoms with E-state index >= 15 is 0 Å². The standard InChI is InChI=1S/C8H14/c1-3-4-5-8-6-7(8)2/h3-6H2,1-2H3. The molecule has 0 saturated carbocycles. The summed E-state index contributed by atoms with van der Waals surface area (Å²) in [5, 5.41) is 0. The molecular weight excluding hydrogens is 96.1 g/mol. The summed E-state index contributed by atoms with van der Waals surface area (Å²) in [6, 6.07) is 0. The van der Waals surface area contributed by atoms with Crippen LogP contribution in [0, 0.1) is 0 Å². The lowest BCUT2D eigenvalue weighted by Gasteiger charge is -1.86. The van der Waals surface area contributed by atoms with E-state index in [0.717, 1.165) is 0 Å². The van der Waals surface area contributed by atoms with E-state index in [1.54, 1.807) is 11.1 Å². The Morgan fingerprint density at radius 1 is 1.50 bits per heavy atom. The summed E-state index contributed by atoms with van der Waals surface area (Å²) in [4.78, 5) is 0. The Labute approximate surface area is 51.6 Å². The molecule has 0 bridgehead atoms. The molecule has 0 aromatic rings. The molecule has 0 aromatic heterocycles. The van der Waals surface area contributed by atoms with Gasteiger partial charge in [-0.1, -0.05) is 24.5 Å². The van der Waals surface area contributed by atoms with E-state index in [-0.39, 0.29) is 0 Å². The quantitative estimate of drug-likeness (QED) is 0.490. The maximum atomic E-state index is 2.25. The van der Waals surface area contributed by atoms with Gasteiger partial charge in [-0.2, -0.15) is 0 Å². The molecule has 0 spiro atoms. The van der Waals surface area contributed by atoms with Gasteiger partial charge in [0, 0.05) is 0 Å². The lowest BCUT2D eigenvalue weighted by atomic mass is 10.2. The smallest absolute Gasteiger partial charge is 0.0106 e. The topological polar surface area (TPSA) is 0 Å². The highest BCUT2D eigenvalue weighted by atomic mass is 14.2. The summed E-state index contributed by atoms with van der Waals surface area (Å²) >= 11 is 0. The van der Waals surface area contributed by atoms with Crippen LogP contribution in [0.15, 0.2) is 11.1 Å². The number of hydrogen-bond donors (Lipinski definition) is 0. The Morgan fingerprint density at radius 3 is 2.50 bits per heavy atom. The molecule has 0 saturated heterocycles. The highest BCUT2D eigenvalue weighted by Crippen LogP contribution is 2.33. The fourth-order valence-corrected chi connectivity index (χ4v) is 0.968. The van der Waals surface area contributed by atoms with Crippen molar-refractivity contribution in [3.05, 3.63) is 11.1 Å². The first-order valence-electron chi connectivity index (χ1n) is 3.52. The van der Waals surface area contributed by atoms with Crippen LogP contribution in [0.2, 0.25) is 0 Å². The van der Waals surface area contributed by atoms with Crippen LogP contribution in [-0.2, 0) is 0 Å². The van der Waals surface area contributed by atoms with Gasteiger partial charge in [-0.25, -0.2) is 0 Å². The zero-order valence-corrected chi connectivity index (χ0v) is 5.83. The Balaban J connectivity index is 2.05. The zero-order valence-electron chi connectivity index (χ0n) is 5.83. The summed E-state index contributed by atoms with van der Waals surface area (Å²) in [5.41, 5.74) is 3.38. The van der Waals surface area contributed by atoms with Gasteiger partial charge >= 0.3 is 0 Å². The molecule has 1 aliphatic carbocycles. The fraction of sp³-hybridized carbons (Fsp3) is 0.750. The second-order valence-electron chi connectivity index (χ2n) is 2.66. The van der Waals surface area contributed by atoms with Crippen LogP contribution in [0.25, 0.3) is 0 Å². The van der Waals surface area contributed by atoms with E-state index in [0.29, 0.717) is 0 Å². The third-order valence-corrected chi connectivity index (χ3v) is 1.79. The third-order valence-electron chi connectivity index (χ3n) is 1.79. The molecule has 46 valence electrons. The van der Waals surface area contributed by atoms with Gasteiger partial charge in [0.2, 0.25) is 0 Å². The highest BCUT2D eigenvalue weighted by molar-refractivity contribution is 5.32. The molecule has 0 radical (unpaired) electrons. The van der Waals surface area contributed by atoms with Gasteiger partial charge in [0.05, 0.1) is 0 Å². The minimum absolute atomic E-state index is 1.34. The highest BCUT2D eigenvalue weighted by Gasteiger charge is 2.13. The van der Waals surface area contributed by atoms with Crippen molar-refractivity contribution in [1.82, 2.24) is 0 Å². The van der Waals surface area contributed by atoms with E-state index < -0.39 is 0 Å². The number of hydrogen-bond acceptors (Lipinski definition) is 0. The van der Waals surface area contributed by atoms with Crippen molar-refractivity contribution >= 4 is 0 Å². The predicted molar refractivity (Wildman–Crippen MR) is 36.8 cm³/mol. The van der Waals surface area contributed by atoms with Gasteiger partial charge in [-0.15, -0.1) is 0 Å². The minimum atomic E-state index is 1.34. The molecule has 0 heterocycles. The second-order valence-corrected chi connectivity index (χ2v) is 2.66. The molecule has 1 aliphatic rings. The van der Waals surface area contributed by atoms with Crippen molar-refractivity contribution in [2.45, 2.75) is 39.5 Å². The average molecular weight is 110 g/mol. The molecule has 0 fully saturated rings. The summed E-state index contributed by atoms with van der Waals surface area (Å²) in [6.45, 7) is 4.49. The van der Waals surface area contributed by atoms with Gasteiger partial charge in [0.25, 0.3) is 0 Å². The lowest BCUT2D eigenvalue weighted by molar-refractivity contribution is 0.799. The SMILES string of the molecule is CCCCC1=C(C)C1. The summed E-state index contributed by atoms with van der Waals surface area (Å²) in [6.07, 6.45) is 5.46. The molecule has 0 nitrogen and oxygen atoms in total. The maximum Gasteiger partial charge on any atom is -0.0106 e. The van der Waals surface area contributed by atoms with Crippen LogP contribution in [-0.4, -0.2) is 0 Å². The van der Waals surface area contributed by atoms with Crippen molar-refractivity contribution in [2.75, 3.05) is 0 Å². The van der Waals surface area contributed by atoms with Gasteiger partial charge in [0.1, 0.15) is 0 Å². The number of rotatable bonds is 3. The first-order valence-corrected chi connectivity index (χ1v) is 3.52. The molecular formula is C8H14. The Morgan fingerprint density at radius 2 is 2.12 bits per heavy atom. The van der Waals surface area contributed by atoms with Crippen LogP contribution in [0.1, 0.15) is 39.5 Å². The molecule has 0 atom stereocenters. The zero-order chi connectivity index (χ0) is 5.98. The normalized spacial score (nSPS) is 17.2. The average Bonchev–Trinajstić information content (AvgIpc) is 2.42. The largest absolute Gasteiger partial charge is 0.0697 e. The van der Waals surface area contributed by atoms with Crippen LogP contribution in [0.3, 0.4) is 0 Å². The van der Waals surface area contributed by atoms with Gasteiger partial charge in [-0.3, -0.25) is 0 Å². The van der Waals surface area contributed by atoms with E-state index in [1.165, 1.54) is 25.7 Å². The van der Waals surface area contributed by atoms with Crippen molar-refractivity contribution in [1.29, 1.82) is 0 Å². The first kappa shape index (κ1) is 5.87. The molecule has 1 rings (SSSR count). The molecule has 8 heavy (non-hydrogen) atoms. The molecule has 0 unspecified atom stereocenters. The van der Waals surface area contributed by atoms with Crippen LogP contribution in [0.4, 0.5) is 0 Å². The van der Waals surface area contributed by atoms with Crippen molar-refractivity contribution in [3.8, 4) is 0 Å². The van der Waals surface area contributed by atoms with Crippen LogP contribution < -0.4 is 0 Å². The first-order chi connectivity index (χ1) is 3.84. The molecule has 0 heteroatoms. The van der Waals surface area contributed by atoms with Crippen LogP contribution in [0.5, 0.6) is 0 Å². The molecule has 0 amide bonds. The van der Waals surface area contributed by atoms with Gasteiger partial charge < -0.3 is 0 Å². The van der Waals surface area contributed by atoms with E-state index in [2.05, 4.69) is 13.8 Å². The predicted octanol–water partition coefficient (Wildman–Crippen LogP) is 2.90. The lowest BCUT2D eigenvalue weighted by Crippen LogP contribution is -1.66. The van der Waals surface area contributed by atoms with Crippen LogP contribution >= 0.6 is 0 Å².